The van der Waals surface area contributed by atoms with Gasteiger partial charge in [0.1, 0.15) is 0 Å². The average Bonchev–Trinajstić information content (AvgIpc) is 3.35. The Kier molecular flexibility index (Phi) is 7.45. The van der Waals surface area contributed by atoms with Crippen molar-refractivity contribution >= 4 is 37.6 Å². The molecule has 0 radical (unpaired) electrons. The molecule has 0 bridgehead atoms. The predicted octanol–water partition coefficient (Wildman–Crippen LogP) is 5.29. The molecule has 0 aromatic heterocycles. The molecule has 0 spiro atoms. The van der Waals surface area contributed by atoms with Crippen molar-refractivity contribution in [1.29, 1.82) is 0 Å². The second-order valence-corrected chi connectivity index (χ2v) is 12.0. The third-order valence-electron chi connectivity index (χ3n) is 6.91. The number of nitrogens with zero attached hydrogens (tertiary/aromatic N) is 1. The quantitative estimate of drug-likeness (QED) is 0.501. The Morgan fingerprint density at radius 2 is 1.69 bits per heavy atom. The van der Waals surface area contributed by atoms with Gasteiger partial charge in [0.25, 0.3) is 5.91 Å². The van der Waals surface area contributed by atoms with E-state index in [4.69, 9.17) is 0 Å². The van der Waals surface area contributed by atoms with E-state index in [1.165, 1.54) is 11.4 Å². The molecule has 2 aliphatic carbocycles. The maximum Gasteiger partial charge on any atom is 0.256 e. The number of allylic oxidation sites excluding steroid dienone is 2. The summed E-state index contributed by atoms with van der Waals surface area (Å²) in [6, 6.07) is 13.8. The van der Waals surface area contributed by atoms with E-state index < -0.39 is 15.6 Å². The minimum Gasteiger partial charge on any atom is -0.322 e. The molecular weight excluding hydrogens is 528 g/mol. The van der Waals surface area contributed by atoms with E-state index >= 15 is 0 Å². The highest BCUT2D eigenvalue weighted by atomic mass is 79.9. The van der Waals surface area contributed by atoms with Crippen LogP contribution in [0.15, 0.2) is 81.3 Å². The zero-order valence-electron chi connectivity index (χ0n) is 19.9. The average molecular weight is 558 g/mol. The van der Waals surface area contributed by atoms with E-state index in [9.17, 15) is 18.0 Å². The summed E-state index contributed by atoms with van der Waals surface area (Å²) in [4.78, 5) is 26.9. The van der Waals surface area contributed by atoms with E-state index in [-0.39, 0.29) is 16.6 Å². The van der Waals surface area contributed by atoms with Crippen molar-refractivity contribution in [2.45, 2.75) is 55.9 Å². The third kappa shape index (κ3) is 5.06. The molecular formula is C27H29BrN2O4S. The molecule has 0 saturated heterocycles. The van der Waals surface area contributed by atoms with Crippen LogP contribution in [0.4, 0.5) is 0 Å². The lowest BCUT2D eigenvalue weighted by atomic mass is 9.84. The van der Waals surface area contributed by atoms with Crippen LogP contribution in [0.3, 0.4) is 0 Å². The molecule has 0 atom stereocenters. The molecule has 2 aromatic rings. The van der Waals surface area contributed by atoms with Crippen LogP contribution < -0.4 is 5.32 Å². The van der Waals surface area contributed by atoms with Gasteiger partial charge in [0, 0.05) is 17.2 Å². The Morgan fingerprint density at radius 3 is 2.34 bits per heavy atom. The molecule has 4 rings (SSSR count). The summed E-state index contributed by atoms with van der Waals surface area (Å²) >= 11 is 3.39. The number of hydrogen-bond acceptors (Lipinski definition) is 4. The molecule has 35 heavy (non-hydrogen) atoms. The lowest BCUT2D eigenvalue weighted by Crippen LogP contribution is -2.54. The Balaban J connectivity index is 1.61. The van der Waals surface area contributed by atoms with E-state index in [1.807, 2.05) is 19.1 Å². The minimum absolute atomic E-state index is 0.172. The topological polar surface area (TPSA) is 83.6 Å². The predicted molar refractivity (Wildman–Crippen MR) is 139 cm³/mol. The minimum atomic E-state index is -3.86. The zero-order valence-corrected chi connectivity index (χ0v) is 22.3. The number of Topliss-reactive ketones (excluding diaryl/α,β-unsaturated/α-hetero) is 1. The first-order valence-electron chi connectivity index (χ1n) is 11.7. The van der Waals surface area contributed by atoms with Crippen molar-refractivity contribution in [2.24, 2.45) is 0 Å². The van der Waals surface area contributed by atoms with Crippen LogP contribution in [0, 0.1) is 6.92 Å². The summed E-state index contributed by atoms with van der Waals surface area (Å²) in [5, 5.41) is 2.89. The summed E-state index contributed by atoms with van der Waals surface area (Å²) in [6.45, 7) is 1.90. The van der Waals surface area contributed by atoms with Crippen molar-refractivity contribution in [3.05, 3.63) is 87.6 Å². The van der Waals surface area contributed by atoms with Gasteiger partial charge in [-0.25, -0.2) is 8.42 Å². The van der Waals surface area contributed by atoms with Gasteiger partial charge in [0.2, 0.25) is 10.0 Å². The van der Waals surface area contributed by atoms with Gasteiger partial charge in [0.05, 0.1) is 16.0 Å². The summed E-state index contributed by atoms with van der Waals surface area (Å²) in [7, 11) is -2.34. The maximum atomic E-state index is 13.9. The first-order chi connectivity index (χ1) is 16.6. The monoisotopic (exact) mass is 556 g/mol. The van der Waals surface area contributed by atoms with Gasteiger partial charge in [0.15, 0.2) is 5.78 Å². The highest BCUT2D eigenvalue weighted by molar-refractivity contribution is 9.10. The molecule has 6 nitrogen and oxygen atoms in total. The Hall–Kier alpha value is -2.55. The second kappa shape index (κ2) is 10.2. The number of hydrogen-bond donors (Lipinski definition) is 1. The summed E-state index contributed by atoms with van der Waals surface area (Å²) in [6.07, 6.45) is 7.22. The summed E-state index contributed by atoms with van der Waals surface area (Å²) < 4.78 is 29.0. The number of rotatable bonds is 7. The number of halogens is 1. The Bertz CT molecular complexity index is 1310. The van der Waals surface area contributed by atoms with Crippen molar-refractivity contribution in [3.8, 4) is 0 Å². The normalized spacial score (nSPS) is 17.6. The molecule has 2 aliphatic rings. The fraction of sp³-hybridized carbons (Fsp3) is 0.333. The number of nitrogens with one attached hydrogen (secondary N) is 1. The molecule has 0 unspecified atom stereocenters. The Morgan fingerprint density at radius 1 is 1.03 bits per heavy atom. The SMILES string of the molecule is Cc1ccc(S(=O)(=O)N(C)C2(C(=O)C3=CC(NC(=O)c4ccccc4Br)=CCC3)CCCC2)cc1. The highest BCUT2D eigenvalue weighted by Crippen LogP contribution is 2.41. The van der Waals surface area contributed by atoms with Crippen LogP contribution >= 0.6 is 15.9 Å². The van der Waals surface area contributed by atoms with Crippen molar-refractivity contribution in [2.75, 3.05) is 7.05 Å². The number of carbonyl (C=O) groups excluding carboxylic acids is 2. The number of likely N-dealkylation sites (N-methyl/N-ethyl adjacent to an activating group) is 1. The number of benzene rings is 2. The molecule has 1 saturated carbocycles. The van der Waals surface area contributed by atoms with Crippen LogP contribution in [-0.2, 0) is 14.8 Å². The number of ketones is 1. The van der Waals surface area contributed by atoms with Crippen molar-refractivity contribution in [1.82, 2.24) is 9.62 Å². The van der Waals surface area contributed by atoms with Gasteiger partial charge in [-0.3, -0.25) is 9.59 Å². The van der Waals surface area contributed by atoms with Crippen LogP contribution in [-0.4, -0.2) is 37.0 Å². The first-order valence-corrected chi connectivity index (χ1v) is 14.0. The number of sulfonamides is 1. The molecule has 8 heteroatoms. The van der Waals surface area contributed by atoms with E-state index in [2.05, 4.69) is 21.2 Å². The van der Waals surface area contributed by atoms with Crippen LogP contribution in [0.25, 0.3) is 0 Å². The number of aryl methyl sites for hydroxylation is 1. The van der Waals surface area contributed by atoms with Gasteiger partial charge < -0.3 is 5.32 Å². The number of amides is 1. The van der Waals surface area contributed by atoms with E-state index in [1.54, 1.807) is 48.5 Å². The van der Waals surface area contributed by atoms with Gasteiger partial charge in [-0.05, 0) is 84.5 Å². The first kappa shape index (κ1) is 25.5. The largest absolute Gasteiger partial charge is 0.322 e. The lowest BCUT2D eigenvalue weighted by molar-refractivity contribution is -0.124. The van der Waals surface area contributed by atoms with Gasteiger partial charge in [-0.2, -0.15) is 4.31 Å². The smallest absolute Gasteiger partial charge is 0.256 e. The van der Waals surface area contributed by atoms with Crippen molar-refractivity contribution < 1.29 is 18.0 Å². The molecule has 1 N–H and O–H groups in total. The maximum absolute atomic E-state index is 13.9. The fourth-order valence-corrected chi connectivity index (χ4v) is 6.84. The highest BCUT2D eigenvalue weighted by Gasteiger charge is 2.50. The van der Waals surface area contributed by atoms with Crippen molar-refractivity contribution in [3.63, 3.8) is 0 Å². The molecule has 1 fully saturated rings. The molecule has 184 valence electrons. The van der Waals surface area contributed by atoms with Gasteiger partial charge in [-0.1, -0.05) is 48.7 Å². The summed E-state index contributed by atoms with van der Waals surface area (Å²) in [5.41, 5.74) is 1.44. The Labute approximate surface area is 215 Å². The summed E-state index contributed by atoms with van der Waals surface area (Å²) in [5.74, 6) is -0.447. The zero-order chi connectivity index (χ0) is 25.2. The standard InChI is InChI=1S/C27H29BrN2O4S/c1-19-12-14-22(15-13-19)35(33,34)30(2)27(16-5-6-17-27)25(31)20-8-7-9-21(18-20)29-26(32)23-10-3-4-11-24(23)28/h3-4,9-15,18H,5-8,16-17H2,1-2H3,(H,29,32). The second-order valence-electron chi connectivity index (χ2n) is 9.16. The van der Waals surface area contributed by atoms with Crippen LogP contribution in [0.5, 0.6) is 0 Å². The van der Waals surface area contributed by atoms with Gasteiger partial charge in [-0.15, -0.1) is 0 Å². The third-order valence-corrected chi connectivity index (χ3v) is 9.54. The van der Waals surface area contributed by atoms with Crippen LogP contribution in [0.2, 0.25) is 0 Å². The lowest BCUT2D eigenvalue weighted by Gasteiger charge is -2.37. The molecule has 0 heterocycles. The molecule has 2 aromatic carbocycles. The van der Waals surface area contributed by atoms with Gasteiger partial charge >= 0.3 is 0 Å². The molecule has 1 amide bonds. The van der Waals surface area contributed by atoms with E-state index in [0.717, 1.165) is 18.4 Å². The van der Waals surface area contributed by atoms with Crippen LogP contribution in [0.1, 0.15) is 54.4 Å². The fourth-order valence-electron chi connectivity index (χ4n) is 4.85. The molecule has 0 aliphatic heterocycles. The van der Waals surface area contributed by atoms with E-state index in [0.29, 0.717) is 47.0 Å². The number of carbonyl (C=O) groups is 2.